The molecular weight excluding hydrogens is 226 g/mol. The number of aliphatic hydroxyl groups excluding tert-OH is 1. The van der Waals surface area contributed by atoms with Crippen LogP contribution in [0.4, 0.5) is 8.78 Å². The van der Waals surface area contributed by atoms with E-state index in [-0.39, 0.29) is 17.5 Å². The summed E-state index contributed by atoms with van der Waals surface area (Å²) in [6.45, 7) is 4.41. The van der Waals surface area contributed by atoms with Gasteiger partial charge in [-0.1, -0.05) is 19.1 Å². The highest BCUT2D eigenvalue weighted by Crippen LogP contribution is 2.23. The summed E-state index contributed by atoms with van der Waals surface area (Å²) in [5, 5.41) is 9.73. The second-order valence-electron chi connectivity index (χ2n) is 4.02. The van der Waals surface area contributed by atoms with E-state index in [4.69, 9.17) is 4.74 Å². The largest absolute Gasteiger partial charge is 0.388 e. The Morgan fingerprint density at radius 3 is 2.59 bits per heavy atom. The highest BCUT2D eigenvalue weighted by atomic mass is 19.2. The molecule has 0 aromatic heterocycles. The molecule has 1 aromatic carbocycles. The van der Waals surface area contributed by atoms with Crippen molar-refractivity contribution >= 4 is 0 Å². The Morgan fingerprint density at radius 1 is 1.24 bits per heavy atom. The molecule has 1 unspecified atom stereocenters. The normalized spacial score (nSPS) is 12.8. The Morgan fingerprint density at radius 2 is 1.94 bits per heavy atom. The van der Waals surface area contributed by atoms with Gasteiger partial charge in [-0.25, -0.2) is 8.78 Å². The third kappa shape index (κ3) is 3.75. The molecule has 4 heteroatoms. The Balaban J connectivity index is 2.63. The van der Waals surface area contributed by atoms with Crippen LogP contribution in [0.15, 0.2) is 12.1 Å². The molecule has 0 aliphatic rings. The van der Waals surface area contributed by atoms with Crippen LogP contribution in [-0.4, -0.2) is 18.3 Å². The van der Waals surface area contributed by atoms with Crippen molar-refractivity contribution in [2.45, 2.75) is 32.8 Å². The minimum absolute atomic E-state index is 0.00630. The zero-order valence-electron chi connectivity index (χ0n) is 10.2. The molecule has 0 radical (unpaired) electrons. The van der Waals surface area contributed by atoms with E-state index in [9.17, 15) is 13.9 Å². The minimum atomic E-state index is -1.03. The number of rotatable bonds is 6. The maximum atomic E-state index is 13.5. The molecule has 0 heterocycles. The van der Waals surface area contributed by atoms with E-state index in [1.807, 2.05) is 6.92 Å². The van der Waals surface area contributed by atoms with Gasteiger partial charge in [0.05, 0.1) is 6.10 Å². The summed E-state index contributed by atoms with van der Waals surface area (Å²) in [6, 6.07) is 2.88. The number of hydrogen-bond acceptors (Lipinski definition) is 2. The van der Waals surface area contributed by atoms with E-state index >= 15 is 0 Å². The van der Waals surface area contributed by atoms with Crippen LogP contribution in [0.1, 0.15) is 37.0 Å². The fourth-order valence-corrected chi connectivity index (χ4v) is 1.52. The SMILES string of the molecule is CCCOCCC(O)c1ccc(C)c(F)c1F. The molecule has 17 heavy (non-hydrogen) atoms. The van der Waals surface area contributed by atoms with Gasteiger partial charge < -0.3 is 9.84 Å². The maximum Gasteiger partial charge on any atom is 0.164 e. The maximum absolute atomic E-state index is 13.5. The van der Waals surface area contributed by atoms with Crippen LogP contribution < -0.4 is 0 Å². The van der Waals surface area contributed by atoms with Crippen molar-refractivity contribution in [3.8, 4) is 0 Å². The van der Waals surface area contributed by atoms with E-state index < -0.39 is 17.7 Å². The highest BCUT2D eigenvalue weighted by Gasteiger charge is 2.17. The van der Waals surface area contributed by atoms with Gasteiger partial charge in [-0.3, -0.25) is 0 Å². The van der Waals surface area contributed by atoms with Crippen LogP contribution in [0, 0.1) is 18.6 Å². The summed E-state index contributed by atoms with van der Waals surface area (Å²) >= 11 is 0. The fraction of sp³-hybridized carbons (Fsp3) is 0.538. The molecule has 1 aromatic rings. The van der Waals surface area contributed by atoms with Crippen molar-refractivity contribution in [2.24, 2.45) is 0 Å². The number of benzene rings is 1. The second kappa shape index (κ2) is 6.67. The monoisotopic (exact) mass is 244 g/mol. The van der Waals surface area contributed by atoms with Crippen LogP contribution in [0.5, 0.6) is 0 Å². The lowest BCUT2D eigenvalue weighted by molar-refractivity contribution is 0.0803. The van der Waals surface area contributed by atoms with Crippen LogP contribution >= 0.6 is 0 Å². The molecule has 1 atom stereocenters. The van der Waals surface area contributed by atoms with Crippen molar-refractivity contribution in [2.75, 3.05) is 13.2 Å². The van der Waals surface area contributed by atoms with Crippen LogP contribution in [0.3, 0.4) is 0 Å². The van der Waals surface area contributed by atoms with E-state index in [1.165, 1.54) is 19.1 Å². The van der Waals surface area contributed by atoms with E-state index in [0.717, 1.165) is 6.42 Å². The third-order valence-corrected chi connectivity index (χ3v) is 2.55. The lowest BCUT2D eigenvalue weighted by Crippen LogP contribution is -2.07. The third-order valence-electron chi connectivity index (χ3n) is 2.55. The smallest absolute Gasteiger partial charge is 0.164 e. The van der Waals surface area contributed by atoms with Crippen molar-refractivity contribution in [1.29, 1.82) is 0 Å². The number of aryl methyl sites for hydroxylation is 1. The average molecular weight is 244 g/mol. The molecule has 96 valence electrons. The Labute approximate surface area is 100 Å². The fourth-order valence-electron chi connectivity index (χ4n) is 1.52. The molecule has 1 N–H and O–H groups in total. The molecule has 0 aliphatic heterocycles. The molecule has 0 bridgehead atoms. The molecule has 2 nitrogen and oxygen atoms in total. The van der Waals surface area contributed by atoms with Gasteiger partial charge in [-0.15, -0.1) is 0 Å². The van der Waals surface area contributed by atoms with Gasteiger partial charge in [0.2, 0.25) is 0 Å². The molecule has 1 rings (SSSR count). The van der Waals surface area contributed by atoms with Gasteiger partial charge >= 0.3 is 0 Å². The second-order valence-corrected chi connectivity index (χ2v) is 4.02. The molecule has 0 fully saturated rings. The average Bonchev–Trinajstić information content (AvgIpc) is 2.31. The molecule has 0 amide bonds. The number of aliphatic hydroxyl groups is 1. The summed E-state index contributed by atoms with van der Waals surface area (Å²) in [5.41, 5.74) is 0.230. The molecule has 0 spiro atoms. The van der Waals surface area contributed by atoms with Crippen molar-refractivity contribution in [1.82, 2.24) is 0 Å². The summed E-state index contributed by atoms with van der Waals surface area (Å²) in [4.78, 5) is 0. The van der Waals surface area contributed by atoms with Gasteiger partial charge in [-0.2, -0.15) is 0 Å². The van der Waals surface area contributed by atoms with E-state index in [2.05, 4.69) is 0 Å². The minimum Gasteiger partial charge on any atom is -0.388 e. The first-order valence-corrected chi connectivity index (χ1v) is 5.78. The first-order chi connectivity index (χ1) is 8.07. The standard InChI is InChI=1S/C13H18F2O2/c1-3-7-17-8-6-11(16)10-5-4-9(2)12(14)13(10)15/h4-5,11,16H,3,6-8H2,1-2H3. The van der Waals surface area contributed by atoms with Gasteiger partial charge in [-0.05, 0) is 18.9 Å². The number of halogens is 2. The Bertz CT molecular complexity index is 367. The van der Waals surface area contributed by atoms with Gasteiger partial charge in [0, 0.05) is 25.2 Å². The zero-order valence-corrected chi connectivity index (χ0v) is 10.2. The molecule has 0 saturated heterocycles. The first kappa shape index (κ1) is 14.1. The summed E-state index contributed by atoms with van der Waals surface area (Å²) < 4.78 is 32.0. The van der Waals surface area contributed by atoms with Crippen molar-refractivity contribution in [3.05, 3.63) is 34.9 Å². The van der Waals surface area contributed by atoms with Crippen LogP contribution in [-0.2, 0) is 4.74 Å². The zero-order chi connectivity index (χ0) is 12.8. The molecular formula is C13H18F2O2. The Kier molecular flexibility index (Phi) is 5.51. The van der Waals surface area contributed by atoms with Crippen LogP contribution in [0.25, 0.3) is 0 Å². The summed E-state index contributed by atoms with van der Waals surface area (Å²) in [7, 11) is 0. The van der Waals surface area contributed by atoms with Crippen molar-refractivity contribution in [3.63, 3.8) is 0 Å². The van der Waals surface area contributed by atoms with Crippen molar-refractivity contribution < 1.29 is 18.6 Å². The van der Waals surface area contributed by atoms with Gasteiger partial charge in [0.25, 0.3) is 0 Å². The topological polar surface area (TPSA) is 29.5 Å². The molecule has 0 aliphatic carbocycles. The number of ether oxygens (including phenoxy) is 1. The van der Waals surface area contributed by atoms with Crippen LogP contribution in [0.2, 0.25) is 0 Å². The van der Waals surface area contributed by atoms with Gasteiger partial charge in [0.15, 0.2) is 11.6 Å². The molecule has 0 saturated carbocycles. The summed E-state index contributed by atoms with van der Waals surface area (Å²) in [6.07, 6.45) is 0.130. The van der Waals surface area contributed by atoms with E-state index in [0.29, 0.717) is 13.2 Å². The predicted octanol–water partition coefficient (Wildman–Crippen LogP) is 3.12. The number of hydrogen-bond donors (Lipinski definition) is 1. The highest BCUT2D eigenvalue weighted by molar-refractivity contribution is 5.26. The lowest BCUT2D eigenvalue weighted by Gasteiger charge is -2.13. The summed E-state index contributed by atoms with van der Waals surface area (Å²) in [5.74, 6) is -1.86. The quantitative estimate of drug-likeness (QED) is 0.779. The predicted molar refractivity (Wildman–Crippen MR) is 61.8 cm³/mol. The van der Waals surface area contributed by atoms with Gasteiger partial charge in [0.1, 0.15) is 0 Å². The lowest BCUT2D eigenvalue weighted by atomic mass is 10.0. The first-order valence-electron chi connectivity index (χ1n) is 5.78. The Hall–Kier alpha value is -1.00. The van der Waals surface area contributed by atoms with E-state index in [1.54, 1.807) is 0 Å².